The van der Waals surface area contributed by atoms with Crippen LogP contribution in [0.3, 0.4) is 0 Å². The molecule has 0 amide bonds. The number of nitrogens with one attached hydrogen (secondary N) is 1. The second kappa shape index (κ2) is 5.16. The molecule has 0 bridgehead atoms. The van der Waals surface area contributed by atoms with Crippen LogP contribution in [0.5, 0.6) is 0 Å². The largest absolute Gasteiger partial charge is 0.394 e. The van der Waals surface area contributed by atoms with Gasteiger partial charge in [0.2, 0.25) is 0 Å². The summed E-state index contributed by atoms with van der Waals surface area (Å²) < 4.78 is 12.8. The fourth-order valence-corrected chi connectivity index (χ4v) is 1.03. The lowest BCUT2D eigenvalue weighted by Crippen LogP contribution is -2.48. The highest BCUT2D eigenvalue weighted by molar-refractivity contribution is 5.10. The van der Waals surface area contributed by atoms with Gasteiger partial charge in [0.05, 0.1) is 24.9 Å². The highest BCUT2D eigenvalue weighted by Crippen LogP contribution is 2.05. The molecule has 1 aromatic rings. The molecule has 4 nitrogen and oxygen atoms in total. The molecule has 84 valence electrons. The summed E-state index contributed by atoms with van der Waals surface area (Å²) in [6.07, 6.45) is 2.66. The molecular weight excluding hydrogens is 199 g/mol. The van der Waals surface area contributed by atoms with Crippen molar-refractivity contribution in [1.82, 2.24) is 10.3 Å². The van der Waals surface area contributed by atoms with Gasteiger partial charge in [-0.3, -0.25) is 4.98 Å². The Kier molecular flexibility index (Phi) is 4.14. The fourth-order valence-electron chi connectivity index (χ4n) is 1.03. The molecule has 0 radical (unpaired) electrons. The Balaban J connectivity index is 2.56. The maximum atomic E-state index is 12.8. The smallest absolute Gasteiger partial charge is 0.141 e. The van der Waals surface area contributed by atoms with E-state index < -0.39 is 11.4 Å². The molecule has 0 saturated heterocycles. The van der Waals surface area contributed by atoms with Gasteiger partial charge >= 0.3 is 0 Å². The number of aliphatic hydroxyl groups is 2. The van der Waals surface area contributed by atoms with Gasteiger partial charge in [-0.05, 0) is 18.6 Å². The van der Waals surface area contributed by atoms with Crippen molar-refractivity contribution in [2.24, 2.45) is 0 Å². The third-order valence-corrected chi connectivity index (χ3v) is 2.18. The van der Waals surface area contributed by atoms with Crippen molar-refractivity contribution in [3.05, 3.63) is 29.8 Å². The van der Waals surface area contributed by atoms with E-state index in [4.69, 9.17) is 10.2 Å². The minimum Gasteiger partial charge on any atom is -0.394 e. The van der Waals surface area contributed by atoms with E-state index in [2.05, 4.69) is 10.3 Å². The number of aromatic nitrogens is 1. The van der Waals surface area contributed by atoms with Crippen molar-refractivity contribution in [1.29, 1.82) is 0 Å². The summed E-state index contributed by atoms with van der Waals surface area (Å²) in [5.74, 6) is -0.399. The number of aliphatic hydroxyl groups excluding tert-OH is 2. The van der Waals surface area contributed by atoms with Gasteiger partial charge in [0.25, 0.3) is 0 Å². The average Bonchev–Trinajstić information content (AvgIpc) is 2.26. The second-order valence-electron chi connectivity index (χ2n) is 3.74. The van der Waals surface area contributed by atoms with E-state index in [0.29, 0.717) is 12.1 Å². The third kappa shape index (κ3) is 3.54. The number of halogens is 1. The Morgan fingerprint density at radius 2 is 2.07 bits per heavy atom. The molecule has 0 spiro atoms. The molecule has 15 heavy (non-hydrogen) atoms. The maximum absolute atomic E-state index is 12.8. The highest BCUT2D eigenvalue weighted by Gasteiger charge is 2.20. The van der Waals surface area contributed by atoms with E-state index in [9.17, 15) is 4.39 Å². The Hall–Kier alpha value is -1.04. The molecule has 0 aliphatic heterocycles. The minimum absolute atomic E-state index is 0.188. The summed E-state index contributed by atoms with van der Waals surface area (Å²) in [5.41, 5.74) is -0.0881. The zero-order valence-electron chi connectivity index (χ0n) is 8.57. The topological polar surface area (TPSA) is 65.4 Å². The second-order valence-corrected chi connectivity index (χ2v) is 3.74. The molecule has 0 unspecified atom stereocenters. The van der Waals surface area contributed by atoms with Crippen LogP contribution in [0.2, 0.25) is 0 Å². The molecule has 1 heterocycles. The van der Waals surface area contributed by atoms with Crippen LogP contribution in [-0.2, 0) is 6.54 Å². The van der Waals surface area contributed by atoms with Crippen LogP contribution in [0.25, 0.3) is 0 Å². The van der Waals surface area contributed by atoms with E-state index in [0.717, 1.165) is 6.20 Å². The predicted molar refractivity (Wildman–Crippen MR) is 53.6 cm³/mol. The van der Waals surface area contributed by atoms with Gasteiger partial charge in [0, 0.05) is 12.7 Å². The van der Waals surface area contributed by atoms with Crippen LogP contribution < -0.4 is 5.32 Å². The summed E-state index contributed by atoms with van der Waals surface area (Å²) in [4.78, 5) is 3.70. The van der Waals surface area contributed by atoms with Crippen LogP contribution in [0.15, 0.2) is 18.5 Å². The van der Waals surface area contributed by atoms with E-state index in [1.807, 2.05) is 0 Å². The summed E-state index contributed by atoms with van der Waals surface area (Å²) in [6, 6.07) is 1.36. The molecule has 0 aliphatic carbocycles. The van der Waals surface area contributed by atoms with Crippen molar-refractivity contribution in [2.45, 2.75) is 19.0 Å². The van der Waals surface area contributed by atoms with Crippen molar-refractivity contribution in [3.63, 3.8) is 0 Å². The molecule has 0 fully saturated rings. The lowest BCUT2D eigenvalue weighted by atomic mass is 10.1. The zero-order chi connectivity index (χ0) is 11.3. The van der Waals surface area contributed by atoms with Gasteiger partial charge in [-0.2, -0.15) is 0 Å². The van der Waals surface area contributed by atoms with Crippen LogP contribution in [0, 0.1) is 5.82 Å². The van der Waals surface area contributed by atoms with Gasteiger partial charge in [0.1, 0.15) is 5.82 Å². The number of nitrogens with zero attached hydrogens (tertiary/aromatic N) is 1. The van der Waals surface area contributed by atoms with Gasteiger partial charge in [-0.25, -0.2) is 4.39 Å². The van der Waals surface area contributed by atoms with Crippen molar-refractivity contribution >= 4 is 0 Å². The standard InChI is InChI=1S/C10H15FN2O2/c1-10(6-14,7-15)13-4-8-2-9(11)5-12-3-8/h2-3,5,13-15H,4,6-7H2,1H3. The molecule has 1 aromatic heterocycles. The zero-order valence-corrected chi connectivity index (χ0v) is 8.57. The van der Waals surface area contributed by atoms with Crippen molar-refractivity contribution in [2.75, 3.05) is 13.2 Å². The van der Waals surface area contributed by atoms with E-state index in [1.165, 1.54) is 12.3 Å². The summed E-state index contributed by atoms with van der Waals surface area (Å²) >= 11 is 0. The normalized spacial score (nSPS) is 11.7. The minimum atomic E-state index is -0.758. The molecule has 1 rings (SSSR count). The molecule has 0 aromatic carbocycles. The Labute approximate surface area is 87.8 Å². The molecule has 0 saturated carbocycles. The molecule has 5 heteroatoms. The van der Waals surface area contributed by atoms with Gasteiger partial charge in [-0.15, -0.1) is 0 Å². The first-order valence-electron chi connectivity index (χ1n) is 4.66. The van der Waals surface area contributed by atoms with Crippen LogP contribution in [0.1, 0.15) is 12.5 Å². The third-order valence-electron chi connectivity index (χ3n) is 2.18. The number of pyridine rings is 1. The van der Waals surface area contributed by atoms with Gasteiger partial charge in [0.15, 0.2) is 0 Å². The van der Waals surface area contributed by atoms with E-state index in [1.54, 1.807) is 6.92 Å². The monoisotopic (exact) mass is 214 g/mol. The fraction of sp³-hybridized carbons (Fsp3) is 0.500. The number of hydrogen-bond donors (Lipinski definition) is 3. The predicted octanol–water partition coefficient (Wildman–Crippen LogP) is 0.0536. The Morgan fingerprint density at radius 1 is 1.40 bits per heavy atom. The quantitative estimate of drug-likeness (QED) is 0.648. The van der Waals surface area contributed by atoms with Gasteiger partial charge in [-0.1, -0.05) is 0 Å². The Morgan fingerprint density at radius 3 is 2.60 bits per heavy atom. The van der Waals surface area contributed by atoms with E-state index in [-0.39, 0.29) is 13.2 Å². The number of rotatable bonds is 5. The van der Waals surface area contributed by atoms with Crippen LogP contribution in [0.4, 0.5) is 4.39 Å². The van der Waals surface area contributed by atoms with Crippen LogP contribution >= 0.6 is 0 Å². The first kappa shape index (κ1) is 12.0. The highest BCUT2D eigenvalue weighted by atomic mass is 19.1. The molecule has 0 aliphatic rings. The number of hydrogen-bond acceptors (Lipinski definition) is 4. The summed E-state index contributed by atoms with van der Waals surface area (Å²) in [5, 5.41) is 20.9. The maximum Gasteiger partial charge on any atom is 0.141 e. The first-order chi connectivity index (χ1) is 7.09. The lowest BCUT2D eigenvalue weighted by molar-refractivity contribution is 0.103. The van der Waals surface area contributed by atoms with E-state index >= 15 is 0 Å². The Bertz CT molecular complexity index is 316. The summed E-state index contributed by atoms with van der Waals surface area (Å²) in [7, 11) is 0. The van der Waals surface area contributed by atoms with Crippen molar-refractivity contribution in [3.8, 4) is 0 Å². The van der Waals surface area contributed by atoms with Gasteiger partial charge < -0.3 is 15.5 Å². The molecular formula is C10H15FN2O2. The van der Waals surface area contributed by atoms with Crippen LogP contribution in [-0.4, -0.2) is 33.9 Å². The summed E-state index contributed by atoms with van der Waals surface area (Å²) in [6.45, 7) is 1.65. The molecule has 3 N–H and O–H groups in total. The SMILES string of the molecule is CC(CO)(CO)NCc1cncc(F)c1. The van der Waals surface area contributed by atoms with Crippen molar-refractivity contribution < 1.29 is 14.6 Å². The lowest BCUT2D eigenvalue weighted by Gasteiger charge is -2.26. The average molecular weight is 214 g/mol. The molecule has 0 atom stereocenters. The first-order valence-corrected chi connectivity index (χ1v) is 4.66.